The zero-order chi connectivity index (χ0) is 10.9. The first-order valence-corrected chi connectivity index (χ1v) is 3.22. The van der Waals surface area contributed by atoms with Crippen molar-refractivity contribution in [1.82, 2.24) is 9.97 Å². The predicted molar refractivity (Wildman–Crippen MR) is 35.5 cm³/mol. The van der Waals surface area contributed by atoms with E-state index >= 15 is 0 Å². The molecule has 0 aliphatic heterocycles. The molecule has 0 aromatic carbocycles. The van der Waals surface area contributed by atoms with Crippen LogP contribution in [0.4, 0.5) is 17.6 Å². The zero-order valence-corrected chi connectivity index (χ0v) is 6.47. The van der Waals surface area contributed by atoms with Crippen LogP contribution in [0.1, 0.15) is 16.3 Å². The Morgan fingerprint density at radius 3 is 2.43 bits per heavy atom. The second-order valence-corrected chi connectivity index (χ2v) is 2.25. The van der Waals surface area contributed by atoms with Crippen LogP contribution < -0.4 is 5.73 Å². The van der Waals surface area contributed by atoms with Crippen molar-refractivity contribution in [1.29, 1.82) is 0 Å². The lowest BCUT2D eigenvalue weighted by Gasteiger charge is -2.06. The van der Waals surface area contributed by atoms with Gasteiger partial charge < -0.3 is 5.73 Å². The molecule has 0 radical (unpaired) electrons. The van der Waals surface area contributed by atoms with Gasteiger partial charge in [0.2, 0.25) is 5.82 Å². The minimum atomic E-state index is -4.97. The largest absolute Gasteiger partial charge is 0.436 e. The Balaban J connectivity index is 3.29. The molecule has 0 aliphatic carbocycles. The lowest BCUT2D eigenvalue weighted by Crippen LogP contribution is -2.20. The summed E-state index contributed by atoms with van der Waals surface area (Å²) in [7, 11) is 0. The summed E-state index contributed by atoms with van der Waals surface area (Å²) >= 11 is 0. The molecular formula is C6H3F4N3O. The average molecular weight is 209 g/mol. The average Bonchev–Trinajstić information content (AvgIpc) is 2.02. The number of nitrogens with zero attached hydrogens (tertiary/aromatic N) is 2. The summed E-state index contributed by atoms with van der Waals surface area (Å²) in [5.74, 6) is -3.78. The van der Waals surface area contributed by atoms with Crippen molar-refractivity contribution in [3.8, 4) is 0 Å². The molecule has 0 spiro atoms. The molecule has 8 heteroatoms. The van der Waals surface area contributed by atoms with Crippen molar-refractivity contribution >= 4 is 5.91 Å². The summed E-state index contributed by atoms with van der Waals surface area (Å²) in [5.41, 5.74) is 2.82. The summed E-state index contributed by atoms with van der Waals surface area (Å²) in [6.07, 6.45) is -4.73. The predicted octanol–water partition coefficient (Wildman–Crippen LogP) is 0.733. The van der Waals surface area contributed by atoms with Crippen LogP contribution in [-0.4, -0.2) is 15.9 Å². The maximum absolute atomic E-state index is 12.5. The standard InChI is InChI=1S/C6H3F4N3O/c7-2-1-12-5(4(11)14)13-3(2)6(8,9)10/h1H,(H2,11,14). The summed E-state index contributed by atoms with van der Waals surface area (Å²) in [4.78, 5) is 16.0. The number of alkyl halides is 3. The third-order valence-electron chi connectivity index (χ3n) is 1.23. The Hall–Kier alpha value is -1.73. The van der Waals surface area contributed by atoms with Crippen molar-refractivity contribution in [3.05, 3.63) is 23.5 Å². The van der Waals surface area contributed by atoms with Crippen molar-refractivity contribution in [2.24, 2.45) is 5.73 Å². The fourth-order valence-corrected chi connectivity index (χ4v) is 0.685. The number of carbonyl (C=O) groups is 1. The third kappa shape index (κ3) is 1.95. The number of rotatable bonds is 1. The lowest BCUT2D eigenvalue weighted by molar-refractivity contribution is -0.143. The number of carbonyl (C=O) groups excluding carboxylic acids is 1. The molecule has 0 bridgehead atoms. The van der Waals surface area contributed by atoms with Crippen molar-refractivity contribution < 1.29 is 22.4 Å². The van der Waals surface area contributed by atoms with Gasteiger partial charge in [0, 0.05) is 0 Å². The third-order valence-corrected chi connectivity index (χ3v) is 1.23. The Labute approximate surface area is 74.8 Å². The van der Waals surface area contributed by atoms with Gasteiger partial charge in [0.05, 0.1) is 6.20 Å². The quantitative estimate of drug-likeness (QED) is 0.693. The number of nitrogens with two attached hydrogens (primary N) is 1. The fourth-order valence-electron chi connectivity index (χ4n) is 0.685. The summed E-state index contributed by atoms with van der Waals surface area (Å²) in [6.45, 7) is 0. The molecule has 2 N–H and O–H groups in total. The molecular weight excluding hydrogens is 206 g/mol. The summed E-state index contributed by atoms with van der Waals surface area (Å²) < 4.78 is 48.6. The van der Waals surface area contributed by atoms with Crippen LogP contribution >= 0.6 is 0 Å². The topological polar surface area (TPSA) is 68.9 Å². The molecule has 1 rings (SSSR count). The van der Waals surface area contributed by atoms with Crippen LogP contribution in [0.2, 0.25) is 0 Å². The molecule has 76 valence electrons. The molecule has 1 heterocycles. The van der Waals surface area contributed by atoms with Crippen LogP contribution in [0.3, 0.4) is 0 Å². The minimum absolute atomic E-state index is 0.246. The lowest BCUT2D eigenvalue weighted by atomic mass is 10.3. The molecule has 14 heavy (non-hydrogen) atoms. The van der Waals surface area contributed by atoms with Gasteiger partial charge in [-0.1, -0.05) is 0 Å². The van der Waals surface area contributed by atoms with E-state index in [1.165, 1.54) is 0 Å². The molecule has 0 fully saturated rings. The molecule has 0 atom stereocenters. The van der Waals surface area contributed by atoms with Crippen molar-refractivity contribution in [2.75, 3.05) is 0 Å². The highest BCUT2D eigenvalue weighted by Crippen LogP contribution is 2.29. The molecule has 4 nitrogen and oxygen atoms in total. The van der Waals surface area contributed by atoms with Gasteiger partial charge in [-0.3, -0.25) is 4.79 Å². The van der Waals surface area contributed by atoms with Gasteiger partial charge in [0.15, 0.2) is 11.5 Å². The first-order chi connectivity index (χ1) is 6.32. The first kappa shape index (κ1) is 10.4. The van der Waals surface area contributed by atoms with Crippen molar-refractivity contribution in [3.63, 3.8) is 0 Å². The fraction of sp³-hybridized carbons (Fsp3) is 0.167. The molecule has 0 unspecified atom stereocenters. The Morgan fingerprint density at radius 2 is 2.00 bits per heavy atom. The number of hydrogen-bond acceptors (Lipinski definition) is 3. The monoisotopic (exact) mass is 209 g/mol. The van der Waals surface area contributed by atoms with E-state index in [0.29, 0.717) is 0 Å². The van der Waals surface area contributed by atoms with E-state index in [4.69, 9.17) is 0 Å². The SMILES string of the molecule is NC(=O)c1ncc(F)c(C(F)(F)F)n1. The van der Waals surface area contributed by atoms with Crippen LogP contribution in [-0.2, 0) is 6.18 Å². The van der Waals surface area contributed by atoms with Gasteiger partial charge in [-0.15, -0.1) is 0 Å². The smallest absolute Gasteiger partial charge is 0.363 e. The van der Waals surface area contributed by atoms with E-state index in [1.54, 1.807) is 0 Å². The number of halogens is 4. The van der Waals surface area contributed by atoms with Gasteiger partial charge >= 0.3 is 6.18 Å². The van der Waals surface area contributed by atoms with E-state index in [2.05, 4.69) is 15.7 Å². The Kier molecular flexibility index (Phi) is 2.37. The van der Waals surface area contributed by atoms with E-state index in [0.717, 1.165) is 0 Å². The van der Waals surface area contributed by atoms with Crippen LogP contribution in [0, 0.1) is 5.82 Å². The van der Waals surface area contributed by atoms with Crippen LogP contribution in [0.15, 0.2) is 6.20 Å². The number of hydrogen-bond donors (Lipinski definition) is 1. The minimum Gasteiger partial charge on any atom is -0.363 e. The van der Waals surface area contributed by atoms with E-state index in [9.17, 15) is 22.4 Å². The van der Waals surface area contributed by atoms with E-state index in [-0.39, 0.29) is 6.20 Å². The molecule has 1 aromatic heterocycles. The highest BCUT2D eigenvalue weighted by atomic mass is 19.4. The van der Waals surface area contributed by atoms with Crippen molar-refractivity contribution in [2.45, 2.75) is 6.18 Å². The maximum atomic E-state index is 12.5. The van der Waals surface area contributed by atoms with Gasteiger partial charge in [-0.25, -0.2) is 14.4 Å². The highest BCUT2D eigenvalue weighted by molar-refractivity contribution is 5.88. The van der Waals surface area contributed by atoms with Crippen LogP contribution in [0.25, 0.3) is 0 Å². The highest BCUT2D eigenvalue weighted by Gasteiger charge is 2.37. The summed E-state index contributed by atoms with van der Waals surface area (Å²) in [5, 5.41) is 0. The summed E-state index contributed by atoms with van der Waals surface area (Å²) in [6, 6.07) is 0. The number of aromatic nitrogens is 2. The van der Waals surface area contributed by atoms with Gasteiger partial charge in [0.25, 0.3) is 5.91 Å². The normalized spacial score (nSPS) is 11.4. The molecule has 1 aromatic rings. The molecule has 0 saturated heterocycles. The zero-order valence-electron chi connectivity index (χ0n) is 6.47. The van der Waals surface area contributed by atoms with Gasteiger partial charge in [0.1, 0.15) is 0 Å². The first-order valence-electron chi connectivity index (χ1n) is 3.22. The van der Waals surface area contributed by atoms with Crippen LogP contribution in [0.5, 0.6) is 0 Å². The molecule has 0 saturated carbocycles. The Morgan fingerprint density at radius 1 is 1.43 bits per heavy atom. The second kappa shape index (κ2) is 3.20. The Bertz CT molecular complexity index is 376. The molecule has 1 amide bonds. The number of primary amides is 1. The van der Waals surface area contributed by atoms with E-state index < -0.39 is 29.4 Å². The number of amides is 1. The van der Waals surface area contributed by atoms with E-state index in [1.807, 2.05) is 0 Å². The molecule has 0 aliphatic rings. The second-order valence-electron chi connectivity index (χ2n) is 2.25. The van der Waals surface area contributed by atoms with Gasteiger partial charge in [-0.05, 0) is 0 Å². The van der Waals surface area contributed by atoms with Gasteiger partial charge in [-0.2, -0.15) is 13.2 Å². The maximum Gasteiger partial charge on any atom is 0.436 e.